The van der Waals surface area contributed by atoms with Crippen LogP contribution in [0.4, 0.5) is 0 Å². The van der Waals surface area contributed by atoms with Crippen LogP contribution in [0.15, 0.2) is 0 Å². The monoisotopic (exact) mass is 197 g/mol. The summed E-state index contributed by atoms with van der Waals surface area (Å²) in [5, 5.41) is 3.77. The van der Waals surface area contributed by atoms with E-state index in [-0.39, 0.29) is 0 Å². The number of nitrogens with one attached hydrogen (secondary N) is 1. The van der Waals surface area contributed by atoms with Gasteiger partial charge in [0.1, 0.15) is 0 Å². The maximum absolute atomic E-state index is 5.44. The largest absolute Gasteiger partial charge is 0.381 e. The van der Waals surface area contributed by atoms with Gasteiger partial charge in [0.15, 0.2) is 0 Å². The fourth-order valence-corrected chi connectivity index (χ4v) is 2.55. The number of hydrogen-bond acceptors (Lipinski definition) is 2. The summed E-state index contributed by atoms with van der Waals surface area (Å²) in [6.07, 6.45) is 6.98. The quantitative estimate of drug-likeness (QED) is 0.750. The molecule has 2 heteroatoms. The van der Waals surface area contributed by atoms with E-state index in [9.17, 15) is 0 Å². The molecule has 0 amide bonds. The molecule has 0 aromatic heterocycles. The molecule has 3 atom stereocenters. The standard InChI is InChI=1S/C12H23NO/c1-12(2)8-11(12)13-9-5-4-6-10(7-9)14-3/h9-11,13H,4-8H2,1-3H3. The molecule has 0 saturated heterocycles. The van der Waals surface area contributed by atoms with Crippen LogP contribution in [0, 0.1) is 5.41 Å². The molecule has 14 heavy (non-hydrogen) atoms. The van der Waals surface area contributed by atoms with Gasteiger partial charge in [-0.2, -0.15) is 0 Å². The third-order valence-corrected chi connectivity index (χ3v) is 3.91. The van der Waals surface area contributed by atoms with Crippen molar-refractivity contribution in [3.63, 3.8) is 0 Å². The molecule has 2 nitrogen and oxygen atoms in total. The molecule has 0 aromatic rings. The van der Waals surface area contributed by atoms with Crippen molar-refractivity contribution in [2.24, 2.45) is 5.41 Å². The molecule has 2 fully saturated rings. The molecule has 1 N–H and O–H groups in total. The second kappa shape index (κ2) is 3.82. The highest BCUT2D eigenvalue weighted by Gasteiger charge is 2.46. The van der Waals surface area contributed by atoms with Gasteiger partial charge in [-0.05, 0) is 37.5 Å². The lowest BCUT2D eigenvalue weighted by Crippen LogP contribution is -2.39. The molecule has 3 unspecified atom stereocenters. The molecule has 0 aliphatic heterocycles. The highest BCUT2D eigenvalue weighted by molar-refractivity contribution is 5.03. The van der Waals surface area contributed by atoms with Crippen LogP contribution in [0.1, 0.15) is 46.0 Å². The Bertz CT molecular complexity index is 202. The Morgan fingerprint density at radius 3 is 2.57 bits per heavy atom. The van der Waals surface area contributed by atoms with Crippen LogP contribution in [0.25, 0.3) is 0 Å². The minimum absolute atomic E-state index is 0.503. The van der Waals surface area contributed by atoms with Gasteiger partial charge in [-0.25, -0.2) is 0 Å². The average Bonchev–Trinajstić information content (AvgIpc) is 2.74. The Morgan fingerprint density at radius 1 is 1.29 bits per heavy atom. The van der Waals surface area contributed by atoms with Gasteiger partial charge in [0.25, 0.3) is 0 Å². The zero-order valence-corrected chi connectivity index (χ0v) is 9.68. The molecule has 0 radical (unpaired) electrons. The fraction of sp³-hybridized carbons (Fsp3) is 1.00. The Hall–Kier alpha value is -0.0800. The van der Waals surface area contributed by atoms with Crippen LogP contribution in [0.3, 0.4) is 0 Å². The van der Waals surface area contributed by atoms with Crippen LogP contribution >= 0.6 is 0 Å². The molecule has 82 valence electrons. The fourth-order valence-electron chi connectivity index (χ4n) is 2.55. The third-order valence-electron chi connectivity index (χ3n) is 3.91. The van der Waals surface area contributed by atoms with Crippen molar-refractivity contribution < 1.29 is 4.74 Å². The van der Waals surface area contributed by atoms with Gasteiger partial charge in [-0.1, -0.05) is 13.8 Å². The van der Waals surface area contributed by atoms with Gasteiger partial charge >= 0.3 is 0 Å². The summed E-state index contributed by atoms with van der Waals surface area (Å²) in [6, 6.07) is 1.48. The summed E-state index contributed by atoms with van der Waals surface area (Å²) in [6.45, 7) is 4.70. The summed E-state index contributed by atoms with van der Waals surface area (Å²) < 4.78 is 5.44. The van der Waals surface area contributed by atoms with Crippen LogP contribution in [-0.2, 0) is 4.74 Å². The van der Waals surface area contributed by atoms with Crippen molar-refractivity contribution in [1.82, 2.24) is 5.32 Å². The van der Waals surface area contributed by atoms with Gasteiger partial charge in [-0.15, -0.1) is 0 Å². The lowest BCUT2D eigenvalue weighted by Gasteiger charge is -2.29. The van der Waals surface area contributed by atoms with Crippen molar-refractivity contribution in [1.29, 1.82) is 0 Å². The van der Waals surface area contributed by atoms with E-state index in [4.69, 9.17) is 4.74 Å². The van der Waals surface area contributed by atoms with Crippen LogP contribution in [0.2, 0.25) is 0 Å². The molecular formula is C12H23NO. The molecule has 0 bridgehead atoms. The zero-order valence-electron chi connectivity index (χ0n) is 9.68. The molecule has 0 heterocycles. The first-order chi connectivity index (χ1) is 6.62. The minimum atomic E-state index is 0.503. The summed E-state index contributed by atoms with van der Waals surface area (Å²) in [7, 11) is 1.84. The molecular weight excluding hydrogens is 174 g/mol. The summed E-state index contributed by atoms with van der Waals surface area (Å²) >= 11 is 0. The van der Waals surface area contributed by atoms with Gasteiger partial charge in [0.2, 0.25) is 0 Å². The van der Waals surface area contributed by atoms with E-state index in [1.807, 2.05) is 7.11 Å². The number of rotatable bonds is 3. The lowest BCUT2D eigenvalue weighted by molar-refractivity contribution is 0.0581. The zero-order chi connectivity index (χ0) is 10.2. The van der Waals surface area contributed by atoms with Gasteiger partial charge in [0.05, 0.1) is 6.10 Å². The molecule has 2 saturated carbocycles. The predicted octanol–water partition coefficient (Wildman–Crippen LogP) is 2.33. The van der Waals surface area contributed by atoms with Crippen molar-refractivity contribution in [3.8, 4) is 0 Å². The normalized spacial score (nSPS) is 40.9. The molecule has 0 spiro atoms. The van der Waals surface area contributed by atoms with Crippen molar-refractivity contribution in [2.45, 2.75) is 64.1 Å². The number of hydrogen-bond donors (Lipinski definition) is 1. The molecule has 2 aliphatic rings. The first-order valence-electron chi connectivity index (χ1n) is 5.90. The molecule has 2 rings (SSSR count). The van der Waals surface area contributed by atoms with E-state index < -0.39 is 0 Å². The minimum Gasteiger partial charge on any atom is -0.381 e. The van der Waals surface area contributed by atoms with E-state index in [2.05, 4.69) is 19.2 Å². The summed E-state index contributed by atoms with van der Waals surface area (Å²) in [4.78, 5) is 0. The highest BCUT2D eigenvalue weighted by atomic mass is 16.5. The second-order valence-corrected chi connectivity index (χ2v) is 5.63. The summed E-state index contributed by atoms with van der Waals surface area (Å²) in [5.74, 6) is 0. The highest BCUT2D eigenvalue weighted by Crippen LogP contribution is 2.45. The van der Waals surface area contributed by atoms with E-state index in [1.165, 1.54) is 32.1 Å². The Balaban J connectivity index is 1.76. The Morgan fingerprint density at radius 2 is 2.00 bits per heavy atom. The van der Waals surface area contributed by atoms with Gasteiger partial charge in [-0.3, -0.25) is 0 Å². The van der Waals surface area contributed by atoms with Crippen molar-refractivity contribution in [2.75, 3.05) is 7.11 Å². The first-order valence-corrected chi connectivity index (χ1v) is 5.90. The first kappa shape index (κ1) is 10.4. The van der Waals surface area contributed by atoms with Crippen LogP contribution in [-0.4, -0.2) is 25.3 Å². The number of ether oxygens (including phenoxy) is 1. The van der Waals surface area contributed by atoms with Crippen LogP contribution < -0.4 is 5.32 Å². The topological polar surface area (TPSA) is 21.3 Å². The summed E-state index contributed by atoms with van der Waals surface area (Å²) in [5.41, 5.74) is 0.556. The van der Waals surface area contributed by atoms with E-state index in [0.29, 0.717) is 17.6 Å². The predicted molar refractivity (Wildman–Crippen MR) is 58.4 cm³/mol. The Labute approximate surface area is 87.4 Å². The smallest absolute Gasteiger partial charge is 0.0586 e. The van der Waals surface area contributed by atoms with Gasteiger partial charge in [0, 0.05) is 19.2 Å². The maximum Gasteiger partial charge on any atom is 0.0586 e. The second-order valence-electron chi connectivity index (χ2n) is 5.63. The lowest BCUT2D eigenvalue weighted by atomic mass is 9.92. The maximum atomic E-state index is 5.44. The number of methoxy groups -OCH3 is 1. The SMILES string of the molecule is COC1CCCC(NC2CC2(C)C)C1. The molecule has 0 aromatic carbocycles. The van der Waals surface area contributed by atoms with Crippen LogP contribution in [0.5, 0.6) is 0 Å². The van der Waals surface area contributed by atoms with E-state index >= 15 is 0 Å². The van der Waals surface area contributed by atoms with Crippen molar-refractivity contribution >= 4 is 0 Å². The van der Waals surface area contributed by atoms with Gasteiger partial charge < -0.3 is 10.1 Å². The Kier molecular flexibility index (Phi) is 2.85. The van der Waals surface area contributed by atoms with E-state index in [0.717, 1.165) is 6.04 Å². The molecule has 2 aliphatic carbocycles. The van der Waals surface area contributed by atoms with Crippen molar-refractivity contribution in [3.05, 3.63) is 0 Å². The van der Waals surface area contributed by atoms with E-state index in [1.54, 1.807) is 0 Å². The third kappa shape index (κ3) is 2.29. The average molecular weight is 197 g/mol.